The molecule has 1 N–H and O–H groups in total. The fourth-order valence-electron chi connectivity index (χ4n) is 1.00. The average molecular weight is 226 g/mol. The summed E-state index contributed by atoms with van der Waals surface area (Å²) in [6.07, 6.45) is 1.73. The third kappa shape index (κ3) is 3.22. The van der Waals surface area contributed by atoms with Gasteiger partial charge in [-0.3, -0.25) is 10.3 Å². The van der Waals surface area contributed by atoms with E-state index in [2.05, 4.69) is 10.3 Å². The van der Waals surface area contributed by atoms with Crippen LogP contribution in [-0.4, -0.2) is 5.84 Å². The van der Waals surface area contributed by atoms with Gasteiger partial charge >= 0.3 is 0 Å². The summed E-state index contributed by atoms with van der Waals surface area (Å²) in [6, 6.07) is 4.46. The number of halogens is 2. The van der Waals surface area contributed by atoms with Crippen LogP contribution in [0, 0.1) is 17.3 Å². The fraction of sp³-hybridized carbons (Fsp3) is 0.200. The number of nitriles is 1. The standard InChI is InChI=1S/C10H9ClFN3/c1-7(15-6-13)14-5-8-9(11)3-2-4-10(8)12/h2-4H,5H2,1H3,(H,14,15). The lowest BCUT2D eigenvalue weighted by molar-refractivity contribution is 0.611. The van der Waals surface area contributed by atoms with Gasteiger partial charge in [-0.05, 0) is 19.1 Å². The van der Waals surface area contributed by atoms with Crippen LogP contribution < -0.4 is 5.32 Å². The van der Waals surface area contributed by atoms with E-state index in [1.807, 2.05) is 0 Å². The van der Waals surface area contributed by atoms with Crippen molar-refractivity contribution < 1.29 is 4.39 Å². The van der Waals surface area contributed by atoms with Crippen LogP contribution in [0.4, 0.5) is 4.39 Å². The van der Waals surface area contributed by atoms with Crippen LogP contribution >= 0.6 is 11.6 Å². The quantitative estimate of drug-likeness (QED) is 0.364. The summed E-state index contributed by atoms with van der Waals surface area (Å²) in [5, 5.41) is 11.0. The molecule has 0 spiro atoms. The molecule has 1 rings (SSSR count). The molecule has 0 saturated heterocycles. The Kier molecular flexibility index (Phi) is 4.07. The number of aliphatic imine (C=N–C) groups is 1. The molecule has 5 heteroatoms. The first-order valence-corrected chi connectivity index (χ1v) is 4.62. The van der Waals surface area contributed by atoms with Gasteiger partial charge in [0.15, 0.2) is 6.19 Å². The molecule has 0 fully saturated rings. The normalized spacial score (nSPS) is 10.9. The van der Waals surface area contributed by atoms with Crippen LogP contribution in [0.15, 0.2) is 23.2 Å². The first-order chi connectivity index (χ1) is 7.15. The highest BCUT2D eigenvalue weighted by molar-refractivity contribution is 6.31. The Labute approximate surface area is 92.2 Å². The van der Waals surface area contributed by atoms with E-state index in [4.69, 9.17) is 16.9 Å². The predicted molar refractivity (Wildman–Crippen MR) is 57.0 cm³/mol. The van der Waals surface area contributed by atoms with E-state index in [-0.39, 0.29) is 6.54 Å². The van der Waals surface area contributed by atoms with E-state index in [0.717, 1.165) is 0 Å². The van der Waals surface area contributed by atoms with Crippen LogP contribution in [0.2, 0.25) is 5.02 Å². The molecule has 0 unspecified atom stereocenters. The van der Waals surface area contributed by atoms with E-state index in [1.165, 1.54) is 12.1 Å². The number of nitrogens with zero attached hydrogens (tertiary/aromatic N) is 2. The molecular weight excluding hydrogens is 217 g/mol. The predicted octanol–water partition coefficient (Wildman–Crippen LogP) is 2.47. The van der Waals surface area contributed by atoms with Crippen molar-refractivity contribution in [3.8, 4) is 6.19 Å². The van der Waals surface area contributed by atoms with Crippen molar-refractivity contribution in [3.05, 3.63) is 34.6 Å². The molecule has 0 atom stereocenters. The minimum absolute atomic E-state index is 0.117. The maximum Gasteiger partial charge on any atom is 0.182 e. The van der Waals surface area contributed by atoms with Crippen molar-refractivity contribution in [2.24, 2.45) is 4.99 Å². The van der Waals surface area contributed by atoms with E-state index in [1.54, 1.807) is 19.2 Å². The second-order valence-electron chi connectivity index (χ2n) is 2.84. The molecule has 0 aliphatic carbocycles. The summed E-state index contributed by atoms with van der Waals surface area (Å²) in [6.45, 7) is 1.74. The van der Waals surface area contributed by atoms with Gasteiger partial charge in [-0.15, -0.1) is 0 Å². The van der Waals surface area contributed by atoms with Crippen LogP contribution in [0.3, 0.4) is 0 Å². The molecule has 1 aromatic rings. The lowest BCUT2D eigenvalue weighted by atomic mass is 10.2. The van der Waals surface area contributed by atoms with E-state index in [9.17, 15) is 4.39 Å². The number of rotatable bonds is 2. The van der Waals surface area contributed by atoms with Crippen LogP contribution in [0.25, 0.3) is 0 Å². The maximum atomic E-state index is 13.2. The highest BCUT2D eigenvalue weighted by Gasteiger charge is 2.05. The molecule has 0 aliphatic rings. The topological polar surface area (TPSA) is 48.2 Å². The van der Waals surface area contributed by atoms with Crippen molar-refractivity contribution in [2.75, 3.05) is 0 Å². The van der Waals surface area contributed by atoms with E-state index in [0.29, 0.717) is 16.4 Å². The lowest BCUT2D eigenvalue weighted by Gasteiger charge is -2.02. The van der Waals surface area contributed by atoms with Gasteiger partial charge in [-0.1, -0.05) is 17.7 Å². The lowest BCUT2D eigenvalue weighted by Crippen LogP contribution is -2.13. The molecular formula is C10H9ClFN3. The number of nitrogens with one attached hydrogen (secondary N) is 1. The monoisotopic (exact) mass is 225 g/mol. The number of hydrogen-bond acceptors (Lipinski definition) is 2. The van der Waals surface area contributed by atoms with Crippen LogP contribution in [-0.2, 0) is 6.54 Å². The smallest absolute Gasteiger partial charge is 0.182 e. The number of amidine groups is 1. The zero-order valence-corrected chi connectivity index (χ0v) is 8.85. The minimum Gasteiger partial charge on any atom is -0.281 e. The third-order valence-corrected chi connectivity index (χ3v) is 2.13. The van der Waals surface area contributed by atoms with Crippen LogP contribution in [0.5, 0.6) is 0 Å². The molecule has 0 aromatic heterocycles. The Morgan fingerprint density at radius 2 is 2.40 bits per heavy atom. The summed E-state index contributed by atoms with van der Waals surface area (Å²) >= 11 is 5.80. The largest absolute Gasteiger partial charge is 0.281 e. The van der Waals surface area contributed by atoms with Gasteiger partial charge in [0.05, 0.1) is 6.54 Å². The molecule has 0 bridgehead atoms. The molecule has 0 aliphatic heterocycles. The summed E-state index contributed by atoms with van der Waals surface area (Å²) in [5.74, 6) is 0.0350. The Hall–Kier alpha value is -1.60. The SMILES string of the molecule is CC(=NCc1c(F)cccc1Cl)NC#N. The van der Waals surface area contributed by atoms with Gasteiger partial charge in [0, 0.05) is 10.6 Å². The number of benzene rings is 1. The maximum absolute atomic E-state index is 13.2. The van der Waals surface area contributed by atoms with E-state index < -0.39 is 5.82 Å². The van der Waals surface area contributed by atoms with Crippen molar-refractivity contribution in [1.82, 2.24) is 5.32 Å². The fourth-order valence-corrected chi connectivity index (χ4v) is 1.22. The van der Waals surface area contributed by atoms with Gasteiger partial charge < -0.3 is 0 Å². The zero-order valence-electron chi connectivity index (χ0n) is 8.09. The average Bonchev–Trinajstić information content (AvgIpc) is 2.17. The molecule has 1 aromatic carbocycles. The van der Waals surface area contributed by atoms with Gasteiger partial charge in [-0.2, -0.15) is 5.26 Å². The summed E-state index contributed by atoms with van der Waals surface area (Å²) in [4.78, 5) is 3.96. The van der Waals surface area contributed by atoms with Crippen LogP contribution in [0.1, 0.15) is 12.5 Å². The number of hydrogen-bond donors (Lipinski definition) is 1. The van der Waals surface area contributed by atoms with Crippen molar-refractivity contribution >= 4 is 17.4 Å². The highest BCUT2D eigenvalue weighted by Crippen LogP contribution is 2.19. The molecule has 78 valence electrons. The summed E-state index contributed by atoms with van der Waals surface area (Å²) < 4.78 is 13.2. The van der Waals surface area contributed by atoms with Gasteiger partial charge in [0.2, 0.25) is 0 Å². The summed E-state index contributed by atoms with van der Waals surface area (Å²) in [7, 11) is 0. The first kappa shape index (κ1) is 11.5. The Morgan fingerprint density at radius 1 is 1.67 bits per heavy atom. The van der Waals surface area contributed by atoms with Crippen molar-refractivity contribution in [1.29, 1.82) is 5.26 Å². The molecule has 0 radical (unpaired) electrons. The van der Waals surface area contributed by atoms with Crippen molar-refractivity contribution in [2.45, 2.75) is 13.5 Å². The van der Waals surface area contributed by atoms with Gasteiger partial charge in [0.1, 0.15) is 11.7 Å². The first-order valence-electron chi connectivity index (χ1n) is 4.24. The van der Waals surface area contributed by atoms with Gasteiger partial charge in [-0.25, -0.2) is 4.39 Å². The molecule has 0 heterocycles. The van der Waals surface area contributed by atoms with Crippen molar-refractivity contribution in [3.63, 3.8) is 0 Å². The molecule has 15 heavy (non-hydrogen) atoms. The second kappa shape index (κ2) is 5.32. The molecule has 0 saturated carbocycles. The Bertz CT molecular complexity index is 403. The third-order valence-electron chi connectivity index (χ3n) is 1.77. The van der Waals surface area contributed by atoms with Gasteiger partial charge in [0.25, 0.3) is 0 Å². The molecule has 0 amide bonds. The second-order valence-corrected chi connectivity index (χ2v) is 3.25. The van der Waals surface area contributed by atoms with E-state index >= 15 is 0 Å². The Balaban J connectivity index is 2.82. The summed E-state index contributed by atoms with van der Waals surface area (Å²) in [5.41, 5.74) is 0.332. The highest BCUT2D eigenvalue weighted by atomic mass is 35.5. The molecule has 3 nitrogen and oxygen atoms in total. The zero-order chi connectivity index (χ0) is 11.3. The Morgan fingerprint density at radius 3 is 3.00 bits per heavy atom. The minimum atomic E-state index is -0.393.